The molecule has 0 atom stereocenters. The Hall–Kier alpha value is -2.36. The Labute approximate surface area is 117 Å². The number of nitrogens with zero attached hydrogens (tertiary/aromatic N) is 1. The minimum absolute atomic E-state index is 0.229. The molecule has 0 saturated heterocycles. The molecule has 0 saturated carbocycles. The highest BCUT2D eigenvalue weighted by Crippen LogP contribution is 2.19. The van der Waals surface area contributed by atoms with Gasteiger partial charge >= 0.3 is 5.97 Å². The number of carboxylic acid groups (broad SMARTS) is 1. The molecule has 0 aliphatic carbocycles. The van der Waals surface area contributed by atoms with Crippen molar-refractivity contribution in [1.82, 2.24) is 4.57 Å². The highest BCUT2D eigenvalue weighted by atomic mass is 16.4. The van der Waals surface area contributed by atoms with Crippen molar-refractivity contribution in [2.24, 2.45) is 0 Å². The molecular formula is C16H17NO3. The Morgan fingerprint density at radius 3 is 2.35 bits per heavy atom. The van der Waals surface area contributed by atoms with E-state index >= 15 is 0 Å². The summed E-state index contributed by atoms with van der Waals surface area (Å²) in [7, 11) is 0. The summed E-state index contributed by atoms with van der Waals surface area (Å²) >= 11 is 0. The molecule has 1 N–H and O–H groups in total. The maximum atomic E-state index is 12.3. The van der Waals surface area contributed by atoms with Crippen molar-refractivity contribution in [2.75, 3.05) is 0 Å². The fourth-order valence-corrected chi connectivity index (χ4v) is 2.21. The van der Waals surface area contributed by atoms with Crippen LogP contribution in [0.2, 0.25) is 0 Å². The van der Waals surface area contributed by atoms with E-state index in [2.05, 4.69) is 0 Å². The zero-order valence-electron chi connectivity index (χ0n) is 11.6. The largest absolute Gasteiger partial charge is 0.481 e. The van der Waals surface area contributed by atoms with Crippen LogP contribution in [-0.2, 0) is 17.8 Å². The van der Waals surface area contributed by atoms with Crippen molar-refractivity contribution >= 4 is 5.97 Å². The highest BCUT2D eigenvalue weighted by Gasteiger charge is 2.11. The normalized spacial score (nSPS) is 10.5. The van der Waals surface area contributed by atoms with Gasteiger partial charge in [-0.25, -0.2) is 0 Å². The van der Waals surface area contributed by atoms with Crippen LogP contribution in [0.4, 0.5) is 0 Å². The third kappa shape index (κ3) is 2.79. The zero-order valence-corrected chi connectivity index (χ0v) is 11.6. The maximum Gasteiger partial charge on any atom is 0.308 e. The first-order valence-corrected chi connectivity index (χ1v) is 6.54. The van der Waals surface area contributed by atoms with Gasteiger partial charge in [-0.3, -0.25) is 9.59 Å². The highest BCUT2D eigenvalue weighted by molar-refractivity contribution is 5.70. The molecule has 0 amide bonds. The summed E-state index contributed by atoms with van der Waals surface area (Å²) in [6.45, 7) is 4.39. The van der Waals surface area contributed by atoms with Gasteiger partial charge in [-0.1, -0.05) is 35.9 Å². The molecule has 1 aromatic carbocycles. The van der Waals surface area contributed by atoms with Gasteiger partial charge in [-0.15, -0.1) is 0 Å². The van der Waals surface area contributed by atoms with Crippen LogP contribution in [0.1, 0.15) is 18.1 Å². The summed E-state index contributed by atoms with van der Waals surface area (Å²) in [6.07, 6.45) is -0.243. The third-order valence-corrected chi connectivity index (χ3v) is 3.26. The number of hydrogen-bond donors (Lipinski definition) is 1. The third-order valence-electron chi connectivity index (χ3n) is 3.26. The molecule has 0 fully saturated rings. The molecule has 4 nitrogen and oxygen atoms in total. The van der Waals surface area contributed by atoms with Crippen LogP contribution in [0.5, 0.6) is 0 Å². The van der Waals surface area contributed by atoms with Gasteiger partial charge < -0.3 is 9.67 Å². The molecule has 1 aromatic heterocycles. The summed E-state index contributed by atoms with van der Waals surface area (Å²) in [6, 6.07) is 11.3. The lowest BCUT2D eigenvalue weighted by Gasteiger charge is -2.13. The van der Waals surface area contributed by atoms with E-state index in [1.165, 1.54) is 0 Å². The number of aromatic nitrogens is 1. The van der Waals surface area contributed by atoms with Gasteiger partial charge in [0.1, 0.15) is 0 Å². The number of carboxylic acids is 1. The molecule has 4 heteroatoms. The number of hydrogen-bond acceptors (Lipinski definition) is 2. The SMILES string of the molecule is CCn1c(-c2ccc(C)cc2)ccc(CC(=O)O)c1=O. The molecule has 0 spiro atoms. The lowest BCUT2D eigenvalue weighted by atomic mass is 10.1. The van der Waals surface area contributed by atoms with E-state index < -0.39 is 5.97 Å². The van der Waals surface area contributed by atoms with Crippen LogP contribution in [-0.4, -0.2) is 15.6 Å². The minimum Gasteiger partial charge on any atom is -0.481 e. The smallest absolute Gasteiger partial charge is 0.308 e. The fraction of sp³-hybridized carbons (Fsp3) is 0.250. The fourth-order valence-electron chi connectivity index (χ4n) is 2.21. The number of pyridine rings is 1. The second kappa shape index (κ2) is 5.74. The van der Waals surface area contributed by atoms with E-state index in [9.17, 15) is 9.59 Å². The molecule has 20 heavy (non-hydrogen) atoms. The van der Waals surface area contributed by atoms with Crippen LogP contribution >= 0.6 is 0 Å². The van der Waals surface area contributed by atoms with Crippen molar-refractivity contribution in [3.05, 3.63) is 57.9 Å². The van der Waals surface area contributed by atoms with Gasteiger partial charge in [0.05, 0.1) is 12.1 Å². The predicted octanol–water partition coefficient (Wildman–Crippen LogP) is 2.47. The van der Waals surface area contributed by atoms with Crippen LogP contribution < -0.4 is 5.56 Å². The standard InChI is InChI=1S/C16H17NO3/c1-3-17-14(12-6-4-11(2)5-7-12)9-8-13(16(17)20)10-15(18)19/h4-9H,3,10H2,1-2H3,(H,18,19). The van der Waals surface area contributed by atoms with E-state index in [4.69, 9.17) is 5.11 Å². The quantitative estimate of drug-likeness (QED) is 0.929. The first kappa shape index (κ1) is 14.1. The summed E-state index contributed by atoms with van der Waals surface area (Å²) in [4.78, 5) is 23.1. The van der Waals surface area contributed by atoms with Crippen molar-refractivity contribution in [3.8, 4) is 11.3 Å². The first-order chi connectivity index (χ1) is 9.52. The number of rotatable bonds is 4. The van der Waals surface area contributed by atoms with E-state index in [-0.39, 0.29) is 12.0 Å². The molecule has 104 valence electrons. The van der Waals surface area contributed by atoms with Crippen LogP contribution in [0.15, 0.2) is 41.2 Å². The first-order valence-electron chi connectivity index (χ1n) is 6.54. The van der Waals surface area contributed by atoms with Gasteiger partial charge in [0.25, 0.3) is 5.56 Å². The van der Waals surface area contributed by atoms with E-state index in [1.54, 1.807) is 10.6 Å². The van der Waals surface area contributed by atoms with Crippen LogP contribution in [0.3, 0.4) is 0 Å². The lowest BCUT2D eigenvalue weighted by molar-refractivity contribution is -0.136. The molecule has 0 bridgehead atoms. The van der Waals surface area contributed by atoms with E-state index in [0.29, 0.717) is 12.1 Å². The molecule has 0 unspecified atom stereocenters. The Morgan fingerprint density at radius 2 is 1.80 bits per heavy atom. The topological polar surface area (TPSA) is 59.3 Å². The van der Waals surface area contributed by atoms with E-state index in [1.807, 2.05) is 44.2 Å². The summed E-state index contributed by atoms with van der Waals surface area (Å²) < 4.78 is 1.61. The van der Waals surface area contributed by atoms with Gasteiger partial charge in [-0.05, 0) is 25.5 Å². The molecule has 2 aromatic rings. The number of benzene rings is 1. The van der Waals surface area contributed by atoms with Crippen molar-refractivity contribution < 1.29 is 9.90 Å². The second-order valence-electron chi connectivity index (χ2n) is 4.73. The Kier molecular flexibility index (Phi) is 4.03. The average molecular weight is 271 g/mol. The summed E-state index contributed by atoms with van der Waals surface area (Å²) in [5.74, 6) is -0.993. The monoisotopic (exact) mass is 271 g/mol. The number of carbonyl (C=O) groups is 1. The Bertz CT molecular complexity index is 684. The Morgan fingerprint density at radius 1 is 1.15 bits per heavy atom. The summed E-state index contributed by atoms with van der Waals surface area (Å²) in [5.41, 5.74) is 3.01. The maximum absolute atomic E-state index is 12.3. The second-order valence-corrected chi connectivity index (χ2v) is 4.73. The minimum atomic E-state index is -0.993. The molecule has 0 radical (unpaired) electrons. The van der Waals surface area contributed by atoms with Gasteiger partial charge in [0, 0.05) is 12.1 Å². The van der Waals surface area contributed by atoms with Crippen molar-refractivity contribution in [2.45, 2.75) is 26.8 Å². The molecule has 0 aliphatic rings. The number of aliphatic carboxylic acids is 1. The Balaban J connectivity index is 2.55. The predicted molar refractivity (Wildman–Crippen MR) is 77.9 cm³/mol. The van der Waals surface area contributed by atoms with Crippen molar-refractivity contribution in [3.63, 3.8) is 0 Å². The van der Waals surface area contributed by atoms with Gasteiger partial charge in [-0.2, -0.15) is 0 Å². The lowest BCUT2D eigenvalue weighted by Crippen LogP contribution is -2.25. The number of aryl methyl sites for hydroxylation is 1. The molecule has 2 rings (SSSR count). The molecule has 1 heterocycles. The van der Waals surface area contributed by atoms with Gasteiger partial charge in [0.2, 0.25) is 0 Å². The average Bonchev–Trinajstić information content (AvgIpc) is 2.41. The zero-order chi connectivity index (χ0) is 14.7. The van der Waals surface area contributed by atoms with Crippen LogP contribution in [0, 0.1) is 6.92 Å². The van der Waals surface area contributed by atoms with Crippen LogP contribution in [0.25, 0.3) is 11.3 Å². The van der Waals surface area contributed by atoms with Crippen molar-refractivity contribution in [1.29, 1.82) is 0 Å². The van der Waals surface area contributed by atoms with Gasteiger partial charge in [0.15, 0.2) is 0 Å². The summed E-state index contributed by atoms with van der Waals surface area (Å²) in [5, 5.41) is 8.82. The molecular weight excluding hydrogens is 254 g/mol. The molecule has 0 aliphatic heterocycles. The van der Waals surface area contributed by atoms with E-state index in [0.717, 1.165) is 16.8 Å².